The van der Waals surface area contributed by atoms with E-state index in [0.717, 1.165) is 4.90 Å². The Morgan fingerprint density at radius 2 is 1.80 bits per heavy atom. The molecule has 0 aliphatic carbocycles. The molecule has 10 heteroatoms. The van der Waals surface area contributed by atoms with Crippen molar-refractivity contribution < 1.29 is 28.7 Å². The summed E-state index contributed by atoms with van der Waals surface area (Å²) in [7, 11) is 2.88. The SMILES string of the molecule is C=CCC1OC(=O)[C@@H]2CCCN2C(=O)[C@H](C)NC(=O)[C@H](C)N(C)C(=O)CN(C)C1=O. The quantitative estimate of drug-likeness (QED) is 0.464. The number of carbonyl (C=O) groups is 5. The lowest BCUT2D eigenvalue weighted by Gasteiger charge is -2.28. The molecular formula is C20H30N4O6. The van der Waals surface area contributed by atoms with Crippen molar-refractivity contribution in [3.63, 3.8) is 0 Å². The fraction of sp³-hybridized carbons (Fsp3) is 0.650. The highest BCUT2D eigenvalue weighted by Gasteiger charge is 2.40. The van der Waals surface area contributed by atoms with Crippen molar-refractivity contribution in [1.29, 1.82) is 0 Å². The number of nitrogens with zero attached hydrogens (tertiary/aromatic N) is 3. The normalized spacial score (nSPS) is 29.7. The summed E-state index contributed by atoms with van der Waals surface area (Å²) in [5.41, 5.74) is 0. The summed E-state index contributed by atoms with van der Waals surface area (Å²) >= 11 is 0. The minimum atomic E-state index is -1.14. The van der Waals surface area contributed by atoms with Gasteiger partial charge in [-0.2, -0.15) is 0 Å². The zero-order valence-corrected chi connectivity index (χ0v) is 17.9. The molecule has 1 unspecified atom stereocenters. The smallest absolute Gasteiger partial charge is 0.329 e. The predicted molar refractivity (Wildman–Crippen MR) is 107 cm³/mol. The first-order valence-electron chi connectivity index (χ1n) is 10.0. The van der Waals surface area contributed by atoms with Crippen LogP contribution in [0, 0.1) is 0 Å². The Balaban J connectivity index is 2.38. The average molecular weight is 422 g/mol. The number of ether oxygens (including phenoxy) is 1. The second kappa shape index (κ2) is 9.73. The molecule has 0 aromatic carbocycles. The van der Waals surface area contributed by atoms with Crippen LogP contribution >= 0.6 is 0 Å². The fourth-order valence-corrected chi connectivity index (χ4v) is 3.52. The molecule has 0 aromatic rings. The van der Waals surface area contributed by atoms with Crippen molar-refractivity contribution in [3.05, 3.63) is 12.7 Å². The minimum Gasteiger partial charge on any atom is -0.450 e. The number of esters is 1. The third-order valence-electron chi connectivity index (χ3n) is 5.55. The van der Waals surface area contributed by atoms with Crippen LogP contribution in [0.4, 0.5) is 0 Å². The standard InChI is InChI=1S/C20H30N4O6/c1-6-8-15-19(28)22(4)11-16(25)23(5)13(3)17(26)21-12(2)18(27)24-10-7-9-14(24)20(29)30-15/h6,12-15H,1,7-11H2,2-5H3,(H,21,26)/t12-,13-,14-,15?/m0/s1. The molecule has 2 aliphatic rings. The van der Waals surface area contributed by atoms with Gasteiger partial charge < -0.3 is 24.8 Å². The monoisotopic (exact) mass is 422 g/mol. The van der Waals surface area contributed by atoms with Gasteiger partial charge in [-0.15, -0.1) is 6.58 Å². The highest BCUT2D eigenvalue weighted by Crippen LogP contribution is 2.21. The molecule has 4 amide bonds. The number of carbonyl (C=O) groups excluding carboxylic acids is 5. The lowest BCUT2D eigenvalue weighted by molar-refractivity contribution is -0.165. The second-order valence-corrected chi connectivity index (χ2v) is 7.74. The number of hydrogen-bond donors (Lipinski definition) is 1. The zero-order chi connectivity index (χ0) is 22.6. The molecule has 2 saturated heterocycles. The molecule has 10 nitrogen and oxygen atoms in total. The van der Waals surface area contributed by atoms with Gasteiger partial charge >= 0.3 is 5.97 Å². The topological polar surface area (TPSA) is 116 Å². The maximum absolute atomic E-state index is 12.9. The molecule has 166 valence electrons. The van der Waals surface area contributed by atoms with Gasteiger partial charge in [-0.3, -0.25) is 19.2 Å². The third kappa shape index (κ3) is 4.98. The molecule has 0 aromatic heterocycles. The van der Waals surface area contributed by atoms with Crippen LogP contribution in [0.1, 0.15) is 33.1 Å². The summed E-state index contributed by atoms with van der Waals surface area (Å²) in [6.45, 7) is 6.73. The fourth-order valence-electron chi connectivity index (χ4n) is 3.52. The summed E-state index contributed by atoms with van der Waals surface area (Å²) in [6.07, 6.45) is 1.41. The molecule has 4 atom stereocenters. The Kier molecular flexibility index (Phi) is 7.58. The van der Waals surface area contributed by atoms with E-state index < -0.39 is 53.8 Å². The number of cyclic esters (lactones) is 1. The molecule has 2 aliphatic heterocycles. The van der Waals surface area contributed by atoms with Crippen molar-refractivity contribution in [2.24, 2.45) is 0 Å². The van der Waals surface area contributed by atoms with E-state index in [1.165, 1.54) is 43.8 Å². The van der Waals surface area contributed by atoms with Crippen LogP contribution in [-0.4, -0.2) is 95.7 Å². The number of nitrogens with one attached hydrogen (secondary N) is 1. The van der Waals surface area contributed by atoms with Gasteiger partial charge in [0.1, 0.15) is 18.1 Å². The first-order valence-corrected chi connectivity index (χ1v) is 10.0. The molecular weight excluding hydrogens is 392 g/mol. The van der Waals surface area contributed by atoms with E-state index >= 15 is 0 Å². The van der Waals surface area contributed by atoms with Crippen molar-refractivity contribution in [2.75, 3.05) is 27.2 Å². The van der Waals surface area contributed by atoms with Crippen LogP contribution < -0.4 is 5.32 Å². The summed E-state index contributed by atoms with van der Waals surface area (Å²) in [5, 5.41) is 2.61. The van der Waals surface area contributed by atoms with E-state index in [9.17, 15) is 24.0 Å². The third-order valence-corrected chi connectivity index (χ3v) is 5.55. The molecule has 0 bridgehead atoms. The zero-order valence-electron chi connectivity index (χ0n) is 17.9. The number of likely N-dealkylation sites (N-methyl/N-ethyl adjacent to an activating group) is 2. The van der Waals surface area contributed by atoms with Crippen LogP contribution in [-0.2, 0) is 28.7 Å². The molecule has 2 rings (SSSR count). The van der Waals surface area contributed by atoms with E-state index in [4.69, 9.17) is 4.74 Å². The Hall–Kier alpha value is -2.91. The van der Waals surface area contributed by atoms with E-state index in [1.807, 2.05) is 0 Å². The molecule has 0 saturated carbocycles. The molecule has 0 spiro atoms. The summed E-state index contributed by atoms with van der Waals surface area (Å²) in [5.74, 6) is -2.62. The maximum Gasteiger partial charge on any atom is 0.329 e. The van der Waals surface area contributed by atoms with E-state index in [1.54, 1.807) is 0 Å². The first-order chi connectivity index (χ1) is 14.1. The Bertz CT molecular complexity index is 739. The summed E-state index contributed by atoms with van der Waals surface area (Å²) in [6, 6.07) is -2.55. The number of fused-ring (bicyclic) bond motifs is 1. The molecule has 30 heavy (non-hydrogen) atoms. The van der Waals surface area contributed by atoms with Gasteiger partial charge in [0.25, 0.3) is 5.91 Å². The summed E-state index contributed by atoms with van der Waals surface area (Å²) < 4.78 is 5.44. The van der Waals surface area contributed by atoms with E-state index in [2.05, 4.69) is 11.9 Å². The number of rotatable bonds is 2. The highest BCUT2D eigenvalue weighted by molar-refractivity contribution is 5.95. The molecule has 2 heterocycles. The maximum atomic E-state index is 12.9. The van der Waals surface area contributed by atoms with Crippen LogP contribution in [0.3, 0.4) is 0 Å². The highest BCUT2D eigenvalue weighted by atomic mass is 16.5. The van der Waals surface area contributed by atoms with Gasteiger partial charge in [-0.25, -0.2) is 4.79 Å². The second-order valence-electron chi connectivity index (χ2n) is 7.74. The van der Waals surface area contributed by atoms with Crippen molar-refractivity contribution in [3.8, 4) is 0 Å². The van der Waals surface area contributed by atoms with Gasteiger partial charge in [0.2, 0.25) is 17.7 Å². The largest absolute Gasteiger partial charge is 0.450 e. The Morgan fingerprint density at radius 1 is 1.13 bits per heavy atom. The lowest BCUT2D eigenvalue weighted by Crippen LogP contribution is -2.54. The molecule has 2 fully saturated rings. The summed E-state index contributed by atoms with van der Waals surface area (Å²) in [4.78, 5) is 67.3. The average Bonchev–Trinajstić information content (AvgIpc) is 3.20. The van der Waals surface area contributed by atoms with Gasteiger partial charge in [0.05, 0.1) is 6.54 Å². The molecule has 0 radical (unpaired) electrons. The Labute approximate surface area is 176 Å². The predicted octanol–water partition coefficient (Wildman–Crippen LogP) is -0.711. The van der Waals surface area contributed by atoms with Crippen LogP contribution in [0.2, 0.25) is 0 Å². The lowest BCUT2D eigenvalue weighted by atomic mass is 10.2. The minimum absolute atomic E-state index is 0.0758. The number of amides is 4. The van der Waals surface area contributed by atoms with Crippen molar-refractivity contribution in [2.45, 2.75) is 57.3 Å². The van der Waals surface area contributed by atoms with Crippen molar-refractivity contribution >= 4 is 29.6 Å². The van der Waals surface area contributed by atoms with Crippen LogP contribution in [0.15, 0.2) is 12.7 Å². The van der Waals surface area contributed by atoms with E-state index in [-0.39, 0.29) is 13.0 Å². The van der Waals surface area contributed by atoms with Crippen molar-refractivity contribution in [1.82, 2.24) is 20.0 Å². The van der Waals surface area contributed by atoms with Gasteiger partial charge in [0, 0.05) is 27.1 Å². The first kappa shape index (κ1) is 23.4. The number of hydrogen-bond acceptors (Lipinski definition) is 6. The van der Waals surface area contributed by atoms with Crippen LogP contribution in [0.25, 0.3) is 0 Å². The molecule has 1 N–H and O–H groups in total. The van der Waals surface area contributed by atoms with E-state index in [0.29, 0.717) is 19.4 Å². The Morgan fingerprint density at radius 3 is 2.43 bits per heavy atom. The van der Waals surface area contributed by atoms with Crippen LogP contribution in [0.5, 0.6) is 0 Å². The van der Waals surface area contributed by atoms with Gasteiger partial charge in [-0.05, 0) is 26.7 Å². The van der Waals surface area contributed by atoms with Gasteiger partial charge in [0.15, 0.2) is 6.10 Å². The van der Waals surface area contributed by atoms with Gasteiger partial charge in [-0.1, -0.05) is 6.08 Å².